The van der Waals surface area contributed by atoms with Gasteiger partial charge in [-0.3, -0.25) is 4.90 Å². The van der Waals surface area contributed by atoms with Crippen LogP contribution in [-0.2, 0) is 4.74 Å². The van der Waals surface area contributed by atoms with Crippen molar-refractivity contribution in [1.29, 1.82) is 0 Å². The van der Waals surface area contributed by atoms with Gasteiger partial charge in [0.25, 0.3) is 0 Å². The molecular formula is C15H29N3OS. The van der Waals surface area contributed by atoms with Gasteiger partial charge in [-0.2, -0.15) is 0 Å². The third-order valence-corrected chi connectivity index (χ3v) is 4.72. The standard InChI is InChI=1S/C15H29N3OS/c1-14-6-3-2-4-9-18(14)15(20)16-7-5-8-17-10-12-19-13-11-17/h14H,2-13H2,1H3,(H,16,20). The van der Waals surface area contributed by atoms with Crippen molar-refractivity contribution in [2.45, 2.75) is 45.1 Å². The van der Waals surface area contributed by atoms with Gasteiger partial charge in [0.15, 0.2) is 5.11 Å². The van der Waals surface area contributed by atoms with E-state index in [0.29, 0.717) is 6.04 Å². The van der Waals surface area contributed by atoms with E-state index in [2.05, 4.69) is 22.0 Å². The molecule has 0 radical (unpaired) electrons. The number of likely N-dealkylation sites (tertiary alicyclic amines) is 1. The topological polar surface area (TPSA) is 27.7 Å². The van der Waals surface area contributed by atoms with E-state index in [1.807, 2.05) is 0 Å². The number of rotatable bonds is 4. The predicted molar refractivity (Wildman–Crippen MR) is 87.1 cm³/mol. The molecule has 0 aliphatic carbocycles. The first-order valence-corrected chi connectivity index (χ1v) is 8.53. The Morgan fingerprint density at radius 1 is 1.20 bits per heavy atom. The normalized spacial score (nSPS) is 25.2. The Morgan fingerprint density at radius 3 is 2.80 bits per heavy atom. The van der Waals surface area contributed by atoms with Gasteiger partial charge in [-0.25, -0.2) is 0 Å². The van der Waals surface area contributed by atoms with Crippen LogP contribution in [0.2, 0.25) is 0 Å². The summed E-state index contributed by atoms with van der Waals surface area (Å²) >= 11 is 5.56. The van der Waals surface area contributed by atoms with Crippen LogP contribution < -0.4 is 5.32 Å². The predicted octanol–water partition coefficient (Wildman–Crippen LogP) is 1.85. The zero-order valence-electron chi connectivity index (χ0n) is 12.8. The van der Waals surface area contributed by atoms with E-state index in [-0.39, 0.29) is 0 Å². The van der Waals surface area contributed by atoms with Crippen LogP contribution in [0.5, 0.6) is 0 Å². The van der Waals surface area contributed by atoms with Gasteiger partial charge in [0, 0.05) is 32.2 Å². The van der Waals surface area contributed by atoms with E-state index in [1.54, 1.807) is 0 Å². The smallest absolute Gasteiger partial charge is 0.169 e. The van der Waals surface area contributed by atoms with Gasteiger partial charge in [0.05, 0.1) is 13.2 Å². The lowest BCUT2D eigenvalue weighted by Gasteiger charge is -2.30. The minimum Gasteiger partial charge on any atom is -0.379 e. The van der Waals surface area contributed by atoms with E-state index in [1.165, 1.54) is 25.7 Å². The maximum absolute atomic E-state index is 5.56. The van der Waals surface area contributed by atoms with Crippen molar-refractivity contribution in [2.75, 3.05) is 45.9 Å². The first-order valence-electron chi connectivity index (χ1n) is 8.12. The molecule has 20 heavy (non-hydrogen) atoms. The molecule has 0 bridgehead atoms. The van der Waals surface area contributed by atoms with Crippen LogP contribution >= 0.6 is 12.2 Å². The maximum Gasteiger partial charge on any atom is 0.169 e. The van der Waals surface area contributed by atoms with E-state index in [4.69, 9.17) is 17.0 Å². The Balaban J connectivity index is 1.61. The second-order valence-electron chi connectivity index (χ2n) is 5.93. The fourth-order valence-electron chi connectivity index (χ4n) is 3.00. The molecule has 2 aliphatic heterocycles. The molecule has 1 N–H and O–H groups in total. The third-order valence-electron chi connectivity index (χ3n) is 4.34. The van der Waals surface area contributed by atoms with E-state index in [9.17, 15) is 0 Å². The largest absolute Gasteiger partial charge is 0.379 e. The van der Waals surface area contributed by atoms with Crippen molar-refractivity contribution >= 4 is 17.3 Å². The summed E-state index contributed by atoms with van der Waals surface area (Å²) < 4.78 is 5.36. The number of hydrogen-bond donors (Lipinski definition) is 1. The fraction of sp³-hybridized carbons (Fsp3) is 0.933. The summed E-state index contributed by atoms with van der Waals surface area (Å²) in [5.41, 5.74) is 0. The van der Waals surface area contributed by atoms with Crippen LogP contribution in [0, 0.1) is 0 Å². The summed E-state index contributed by atoms with van der Waals surface area (Å²) in [6.07, 6.45) is 6.40. The number of hydrogen-bond acceptors (Lipinski definition) is 3. The third kappa shape index (κ3) is 5.19. The highest BCUT2D eigenvalue weighted by atomic mass is 32.1. The molecule has 0 amide bonds. The summed E-state index contributed by atoms with van der Waals surface area (Å²) in [5, 5.41) is 4.41. The summed E-state index contributed by atoms with van der Waals surface area (Å²) in [6.45, 7) is 9.48. The van der Waals surface area contributed by atoms with Crippen LogP contribution in [0.15, 0.2) is 0 Å². The van der Waals surface area contributed by atoms with E-state index < -0.39 is 0 Å². The molecule has 116 valence electrons. The molecule has 1 atom stereocenters. The van der Waals surface area contributed by atoms with Gasteiger partial charge in [0.2, 0.25) is 0 Å². The maximum atomic E-state index is 5.56. The molecule has 2 fully saturated rings. The van der Waals surface area contributed by atoms with E-state index >= 15 is 0 Å². The van der Waals surface area contributed by atoms with Crippen molar-refractivity contribution in [2.24, 2.45) is 0 Å². The Hall–Kier alpha value is -0.390. The highest BCUT2D eigenvalue weighted by molar-refractivity contribution is 7.80. The minimum atomic E-state index is 0.594. The van der Waals surface area contributed by atoms with Crippen LogP contribution in [0.3, 0.4) is 0 Å². The zero-order chi connectivity index (χ0) is 14.2. The van der Waals surface area contributed by atoms with Gasteiger partial charge < -0.3 is 15.0 Å². The number of nitrogens with zero attached hydrogens (tertiary/aromatic N) is 2. The lowest BCUT2D eigenvalue weighted by molar-refractivity contribution is 0.0375. The summed E-state index contributed by atoms with van der Waals surface area (Å²) in [4.78, 5) is 4.86. The van der Waals surface area contributed by atoms with Crippen molar-refractivity contribution in [3.8, 4) is 0 Å². The highest BCUT2D eigenvalue weighted by Crippen LogP contribution is 2.16. The Bertz CT molecular complexity index is 295. The van der Waals surface area contributed by atoms with Gasteiger partial charge in [0.1, 0.15) is 0 Å². The van der Waals surface area contributed by atoms with Gasteiger partial charge >= 0.3 is 0 Å². The van der Waals surface area contributed by atoms with Crippen molar-refractivity contribution < 1.29 is 4.74 Å². The molecule has 0 spiro atoms. The molecule has 0 aromatic rings. The van der Waals surface area contributed by atoms with Crippen LogP contribution in [0.1, 0.15) is 39.0 Å². The number of thiocarbonyl (C=S) groups is 1. The van der Waals surface area contributed by atoms with Crippen molar-refractivity contribution in [3.05, 3.63) is 0 Å². The molecule has 2 rings (SSSR count). The Kier molecular flexibility index (Phi) is 7.03. The van der Waals surface area contributed by atoms with Gasteiger partial charge in [-0.15, -0.1) is 0 Å². The average Bonchev–Trinajstić information content (AvgIpc) is 2.69. The van der Waals surface area contributed by atoms with E-state index in [0.717, 1.165) is 57.5 Å². The molecule has 4 nitrogen and oxygen atoms in total. The van der Waals surface area contributed by atoms with Crippen LogP contribution in [0.4, 0.5) is 0 Å². The summed E-state index contributed by atoms with van der Waals surface area (Å²) in [6, 6.07) is 0.594. The average molecular weight is 299 g/mol. The lowest BCUT2D eigenvalue weighted by Crippen LogP contribution is -2.45. The van der Waals surface area contributed by atoms with Crippen molar-refractivity contribution in [1.82, 2.24) is 15.1 Å². The zero-order valence-corrected chi connectivity index (χ0v) is 13.6. The van der Waals surface area contributed by atoms with Gasteiger partial charge in [-0.05, 0) is 44.9 Å². The minimum absolute atomic E-state index is 0.594. The Labute approximate surface area is 128 Å². The first kappa shape index (κ1) is 16.0. The quantitative estimate of drug-likeness (QED) is 0.632. The second kappa shape index (κ2) is 8.80. The number of ether oxygens (including phenoxy) is 1. The second-order valence-corrected chi connectivity index (χ2v) is 6.32. The summed E-state index contributed by atoms with van der Waals surface area (Å²) in [7, 11) is 0. The molecule has 2 aliphatic rings. The molecule has 0 saturated carbocycles. The summed E-state index contributed by atoms with van der Waals surface area (Å²) in [5.74, 6) is 0. The van der Waals surface area contributed by atoms with Crippen molar-refractivity contribution in [3.63, 3.8) is 0 Å². The highest BCUT2D eigenvalue weighted by Gasteiger charge is 2.18. The molecule has 2 heterocycles. The molecule has 0 aromatic carbocycles. The molecule has 1 unspecified atom stereocenters. The molecular weight excluding hydrogens is 270 g/mol. The molecule has 2 saturated heterocycles. The molecule has 5 heteroatoms. The number of nitrogens with one attached hydrogen (secondary N) is 1. The fourth-order valence-corrected chi connectivity index (χ4v) is 3.37. The Morgan fingerprint density at radius 2 is 2.00 bits per heavy atom. The molecule has 0 aromatic heterocycles. The van der Waals surface area contributed by atoms with Crippen LogP contribution in [-0.4, -0.2) is 66.9 Å². The number of morpholine rings is 1. The SMILES string of the molecule is CC1CCCCCN1C(=S)NCCCN1CCOCC1. The first-order chi connectivity index (χ1) is 9.77. The van der Waals surface area contributed by atoms with Gasteiger partial charge in [-0.1, -0.05) is 12.8 Å². The lowest BCUT2D eigenvalue weighted by atomic mass is 10.1. The van der Waals surface area contributed by atoms with Crippen LogP contribution in [0.25, 0.3) is 0 Å². The monoisotopic (exact) mass is 299 g/mol.